The monoisotopic (exact) mass is 439 g/mol. The molecule has 0 spiro atoms. The molecule has 1 unspecified atom stereocenters. The molecule has 5 heteroatoms. The van der Waals surface area contributed by atoms with Gasteiger partial charge in [-0.25, -0.2) is 0 Å². The number of hydrogen-bond donors (Lipinski definition) is 1. The zero-order valence-corrected chi connectivity index (χ0v) is 20.3. The van der Waals surface area contributed by atoms with Gasteiger partial charge in [-0.05, 0) is 63.3 Å². The first-order valence-electron chi connectivity index (χ1n) is 9.29. The predicted octanol–water partition coefficient (Wildman–Crippen LogP) is 5.25. The summed E-state index contributed by atoms with van der Waals surface area (Å²) in [5, 5.41) is 3.28. The van der Waals surface area contributed by atoms with Crippen LogP contribution in [0.5, 0.6) is 5.75 Å². The second kappa shape index (κ2) is 10.4. The van der Waals surface area contributed by atoms with Crippen molar-refractivity contribution in [2.45, 2.75) is 59.0 Å². The Labute approximate surface area is 179 Å². The Morgan fingerprint density at radius 2 is 1.76 bits per heavy atom. The summed E-state index contributed by atoms with van der Waals surface area (Å²) in [7, 11) is 0.550. The van der Waals surface area contributed by atoms with Crippen molar-refractivity contribution in [1.82, 2.24) is 0 Å². The van der Waals surface area contributed by atoms with Crippen LogP contribution in [-0.2, 0) is 37.5 Å². The zero-order chi connectivity index (χ0) is 17.7. The van der Waals surface area contributed by atoms with E-state index >= 15 is 0 Å². The van der Waals surface area contributed by atoms with E-state index in [1.807, 2.05) is 26.0 Å². The number of benzene rings is 1. The van der Waals surface area contributed by atoms with E-state index in [9.17, 15) is 4.79 Å². The van der Waals surface area contributed by atoms with Crippen LogP contribution in [0, 0.1) is 13.8 Å². The third-order valence-electron chi connectivity index (χ3n) is 5.60. The number of methoxy groups -OCH3 is 1. The van der Waals surface area contributed by atoms with Gasteiger partial charge in [-0.15, -0.1) is 0 Å². The van der Waals surface area contributed by atoms with Gasteiger partial charge in [0.1, 0.15) is 11.4 Å². The van der Waals surface area contributed by atoms with Crippen molar-refractivity contribution >= 4 is 18.9 Å². The summed E-state index contributed by atoms with van der Waals surface area (Å²) in [6, 6.07) is 4.00. The number of rotatable bonds is 7. The maximum absolute atomic E-state index is 13.2. The standard InChI is InChI=1S/C20H32NO2P.Y/c1-6-10-18(24(7-2)11-8-9-12-24)20(22)21-19-15(3)13-17(23-5)14-16(19)4;/h13-14,18H,6-12H2,1-5H3;/p+1. The van der Waals surface area contributed by atoms with Crippen LogP contribution in [0.3, 0.4) is 0 Å². The molecule has 3 nitrogen and oxygen atoms in total. The average Bonchev–Trinajstić information content (AvgIpc) is 3.05. The third-order valence-corrected chi connectivity index (χ3v) is 11.1. The number of aryl methyl sites for hydroxylation is 2. The van der Waals surface area contributed by atoms with Crippen molar-refractivity contribution in [2.24, 2.45) is 0 Å². The fourth-order valence-electron chi connectivity index (χ4n) is 4.19. The van der Waals surface area contributed by atoms with E-state index in [1.165, 1.54) is 31.3 Å². The molecule has 1 aromatic rings. The van der Waals surface area contributed by atoms with Crippen LogP contribution in [0.15, 0.2) is 12.1 Å². The molecule has 1 heterocycles. The van der Waals surface area contributed by atoms with E-state index in [-0.39, 0.29) is 44.3 Å². The number of anilines is 1. The quantitative estimate of drug-likeness (QED) is 0.590. The number of nitrogens with one attached hydrogen (secondary N) is 1. The molecule has 137 valence electrons. The first kappa shape index (κ1) is 23.1. The van der Waals surface area contributed by atoms with E-state index in [0.717, 1.165) is 35.4 Å². The maximum Gasteiger partial charge on any atom is 0.265 e. The second-order valence-electron chi connectivity index (χ2n) is 7.12. The van der Waals surface area contributed by atoms with Crippen LogP contribution in [0.4, 0.5) is 5.69 Å². The van der Waals surface area contributed by atoms with E-state index in [0.29, 0.717) is 0 Å². The molecule has 1 aliphatic rings. The summed E-state index contributed by atoms with van der Waals surface area (Å²) in [5.41, 5.74) is 3.35. The Bertz CT molecular complexity index is 562. The Hall–Kier alpha value is 0.0239. The Kier molecular flexibility index (Phi) is 9.58. The van der Waals surface area contributed by atoms with Gasteiger partial charge in [-0.1, -0.05) is 13.3 Å². The summed E-state index contributed by atoms with van der Waals surface area (Å²) in [6.45, 7) is 8.59. The van der Waals surface area contributed by atoms with Gasteiger partial charge in [0.25, 0.3) is 5.91 Å². The summed E-state index contributed by atoms with van der Waals surface area (Å²) in [6.07, 6.45) is 8.57. The second-order valence-corrected chi connectivity index (χ2v) is 11.7. The third kappa shape index (κ3) is 5.27. The smallest absolute Gasteiger partial charge is 0.265 e. The van der Waals surface area contributed by atoms with E-state index < -0.39 is 7.26 Å². The van der Waals surface area contributed by atoms with Crippen LogP contribution in [0.25, 0.3) is 0 Å². The molecule has 1 N–H and O–H groups in total. The topological polar surface area (TPSA) is 38.3 Å². The van der Waals surface area contributed by atoms with Crippen molar-refractivity contribution in [3.63, 3.8) is 0 Å². The average molecular weight is 439 g/mol. The van der Waals surface area contributed by atoms with Crippen molar-refractivity contribution in [3.05, 3.63) is 23.3 Å². The van der Waals surface area contributed by atoms with Crippen LogP contribution in [0.1, 0.15) is 50.7 Å². The van der Waals surface area contributed by atoms with Crippen molar-refractivity contribution in [3.8, 4) is 5.75 Å². The van der Waals surface area contributed by atoms with Gasteiger partial charge in [0.2, 0.25) is 0 Å². The molecule has 1 atom stereocenters. The molecular weight excluding hydrogens is 406 g/mol. The minimum atomic E-state index is -1.13. The maximum atomic E-state index is 13.2. The van der Waals surface area contributed by atoms with Gasteiger partial charge < -0.3 is 10.1 Å². The fourth-order valence-corrected chi connectivity index (χ4v) is 9.18. The summed E-state index contributed by atoms with van der Waals surface area (Å²) >= 11 is 0. The van der Waals surface area contributed by atoms with E-state index in [1.54, 1.807) is 7.11 Å². The van der Waals surface area contributed by atoms with Crippen LogP contribution in [-0.4, -0.2) is 37.2 Å². The van der Waals surface area contributed by atoms with Gasteiger partial charge in [0.05, 0.1) is 25.6 Å². The zero-order valence-electron chi connectivity index (χ0n) is 16.5. The molecular formula is C20H33NO2PY+. The molecule has 1 saturated heterocycles. The molecule has 0 saturated carbocycles. The molecule has 0 aromatic heterocycles. The normalized spacial score (nSPS) is 16.8. The molecule has 2 rings (SSSR count). The van der Waals surface area contributed by atoms with Gasteiger partial charge >= 0.3 is 0 Å². The molecule has 1 aromatic carbocycles. The molecule has 1 fully saturated rings. The molecule has 0 aliphatic carbocycles. The first-order chi connectivity index (χ1) is 11.5. The minimum Gasteiger partial charge on any atom is -0.497 e. The Morgan fingerprint density at radius 3 is 2.20 bits per heavy atom. The molecule has 0 bridgehead atoms. The Balaban J connectivity index is 0.00000312. The largest absolute Gasteiger partial charge is 0.497 e. The molecule has 1 aliphatic heterocycles. The van der Waals surface area contributed by atoms with Crippen molar-refractivity contribution < 1.29 is 42.2 Å². The number of carbonyl (C=O) groups is 1. The minimum absolute atomic E-state index is 0. The van der Waals surface area contributed by atoms with E-state index in [2.05, 4.69) is 19.2 Å². The van der Waals surface area contributed by atoms with Gasteiger partial charge in [-0.3, -0.25) is 4.79 Å². The number of carbonyl (C=O) groups excluding carboxylic acids is 1. The van der Waals surface area contributed by atoms with Crippen LogP contribution in [0.2, 0.25) is 0 Å². The number of ether oxygens (including phenoxy) is 1. The first-order valence-corrected chi connectivity index (χ1v) is 11.7. The van der Waals surface area contributed by atoms with Crippen molar-refractivity contribution in [1.29, 1.82) is 0 Å². The van der Waals surface area contributed by atoms with Gasteiger partial charge in [0, 0.05) is 45.7 Å². The number of hydrogen-bond acceptors (Lipinski definition) is 2. The van der Waals surface area contributed by atoms with Gasteiger partial charge in [0.15, 0.2) is 0 Å². The van der Waals surface area contributed by atoms with Crippen LogP contribution < -0.4 is 10.1 Å². The summed E-state index contributed by atoms with van der Waals surface area (Å²) in [5.74, 6) is 1.10. The SMILES string of the molecule is CCCC(C(=O)Nc1c(C)cc(OC)cc1C)[P+]1(CC)CCCC1.[Y]. The summed E-state index contributed by atoms with van der Waals surface area (Å²) < 4.78 is 5.33. The van der Waals surface area contributed by atoms with Crippen molar-refractivity contribution in [2.75, 3.05) is 30.9 Å². The number of amides is 1. The fraction of sp³-hybridized carbons (Fsp3) is 0.650. The van der Waals surface area contributed by atoms with E-state index in [4.69, 9.17) is 4.74 Å². The summed E-state index contributed by atoms with van der Waals surface area (Å²) in [4.78, 5) is 13.2. The molecule has 1 amide bonds. The van der Waals surface area contributed by atoms with Crippen LogP contribution >= 0.6 is 7.26 Å². The predicted molar refractivity (Wildman–Crippen MR) is 106 cm³/mol. The Morgan fingerprint density at radius 1 is 1.20 bits per heavy atom. The molecule has 1 radical (unpaired) electrons. The van der Waals surface area contributed by atoms with Gasteiger partial charge in [-0.2, -0.15) is 0 Å². The molecule has 25 heavy (non-hydrogen) atoms.